The van der Waals surface area contributed by atoms with Gasteiger partial charge in [0.1, 0.15) is 12.6 Å². The molecule has 10 heteroatoms. The van der Waals surface area contributed by atoms with Crippen molar-refractivity contribution in [2.45, 2.75) is 43.4 Å². The molecule has 180 valence electrons. The predicted molar refractivity (Wildman–Crippen MR) is 115 cm³/mol. The Kier molecular flexibility index (Phi) is 6.49. The van der Waals surface area contributed by atoms with E-state index in [1.807, 2.05) is 48.5 Å². The average Bonchev–Trinajstić information content (AvgIpc) is 3.55. The number of carbonyl (C=O) groups is 3. The number of benzene rings is 2. The van der Waals surface area contributed by atoms with Gasteiger partial charge in [-0.25, -0.2) is 9.59 Å². The first-order valence-electron chi connectivity index (χ1n) is 10.9. The summed E-state index contributed by atoms with van der Waals surface area (Å²) in [5, 5.41) is 12.6. The summed E-state index contributed by atoms with van der Waals surface area (Å²) in [6, 6.07) is 11.0. The van der Waals surface area contributed by atoms with Crippen molar-refractivity contribution in [1.29, 1.82) is 0 Å². The van der Waals surface area contributed by atoms with Crippen LogP contribution in [-0.2, 0) is 14.3 Å². The minimum absolute atomic E-state index is 0.0298. The largest absolute Gasteiger partial charge is 0.479 e. The summed E-state index contributed by atoms with van der Waals surface area (Å²) < 4.78 is 44.3. The first kappa shape index (κ1) is 23.6. The highest BCUT2D eigenvalue weighted by Gasteiger charge is 2.47. The number of carboxylic acids is 1. The summed E-state index contributed by atoms with van der Waals surface area (Å²) in [6.07, 6.45) is -4.48. The van der Waals surface area contributed by atoms with Crippen LogP contribution in [0.1, 0.15) is 36.3 Å². The highest BCUT2D eigenvalue weighted by molar-refractivity contribution is 5.89. The first-order valence-corrected chi connectivity index (χ1v) is 10.9. The Balaban J connectivity index is 1.42. The van der Waals surface area contributed by atoms with E-state index in [9.17, 15) is 27.6 Å². The van der Waals surface area contributed by atoms with Gasteiger partial charge in [0.05, 0.1) is 0 Å². The molecule has 0 aliphatic heterocycles. The monoisotopic (exact) mass is 476 g/mol. The second kappa shape index (κ2) is 9.36. The number of rotatable bonds is 8. The van der Waals surface area contributed by atoms with Crippen molar-refractivity contribution in [3.05, 3.63) is 59.7 Å². The zero-order chi connectivity index (χ0) is 24.5. The molecule has 7 nitrogen and oxygen atoms in total. The molecule has 0 spiro atoms. The molecule has 0 saturated heterocycles. The van der Waals surface area contributed by atoms with Crippen molar-refractivity contribution < 1.29 is 37.4 Å². The maximum absolute atomic E-state index is 13.0. The highest BCUT2D eigenvalue weighted by atomic mass is 19.4. The fraction of sp³-hybridized carbons (Fsp3) is 0.375. The highest BCUT2D eigenvalue weighted by Crippen LogP contribution is 2.44. The van der Waals surface area contributed by atoms with Gasteiger partial charge in [-0.3, -0.25) is 4.79 Å². The van der Waals surface area contributed by atoms with Gasteiger partial charge in [0.2, 0.25) is 11.9 Å². The van der Waals surface area contributed by atoms with Gasteiger partial charge in [-0.1, -0.05) is 61.4 Å². The zero-order valence-electron chi connectivity index (χ0n) is 18.0. The fourth-order valence-electron chi connectivity index (χ4n) is 4.23. The van der Waals surface area contributed by atoms with Crippen LogP contribution in [0.2, 0.25) is 0 Å². The van der Waals surface area contributed by atoms with Gasteiger partial charge in [-0.05, 0) is 34.6 Å². The molecule has 2 aliphatic rings. The van der Waals surface area contributed by atoms with E-state index in [2.05, 4.69) is 5.32 Å². The summed E-state index contributed by atoms with van der Waals surface area (Å²) in [5.74, 6) is -3.61. The van der Waals surface area contributed by atoms with Crippen molar-refractivity contribution in [3.8, 4) is 11.1 Å². The SMILES string of the molecule is O=C(NC(CC1CC1)C(=O)NC(C(=O)O)C(F)(F)F)OCC1c2ccccc2-c2ccccc21. The van der Waals surface area contributed by atoms with E-state index in [0.29, 0.717) is 0 Å². The van der Waals surface area contributed by atoms with Crippen LogP contribution in [0.4, 0.5) is 18.0 Å². The number of amides is 2. The van der Waals surface area contributed by atoms with Crippen LogP contribution in [0, 0.1) is 5.92 Å². The maximum Gasteiger partial charge on any atom is 0.419 e. The van der Waals surface area contributed by atoms with Crippen LogP contribution in [0.25, 0.3) is 11.1 Å². The lowest BCUT2D eigenvalue weighted by molar-refractivity contribution is -0.182. The molecule has 2 unspecified atom stereocenters. The Morgan fingerprint density at radius 2 is 1.53 bits per heavy atom. The number of halogens is 3. The van der Waals surface area contributed by atoms with Gasteiger partial charge in [0.15, 0.2) is 0 Å². The van der Waals surface area contributed by atoms with Gasteiger partial charge in [0, 0.05) is 5.92 Å². The van der Waals surface area contributed by atoms with Gasteiger partial charge >= 0.3 is 18.2 Å². The van der Waals surface area contributed by atoms with Crippen LogP contribution in [-0.4, -0.2) is 47.9 Å². The van der Waals surface area contributed by atoms with Gasteiger partial charge in [-0.2, -0.15) is 13.2 Å². The van der Waals surface area contributed by atoms with Crippen LogP contribution >= 0.6 is 0 Å². The lowest BCUT2D eigenvalue weighted by atomic mass is 9.98. The van der Waals surface area contributed by atoms with Crippen molar-refractivity contribution in [3.63, 3.8) is 0 Å². The molecular weight excluding hydrogens is 453 g/mol. The Morgan fingerprint density at radius 1 is 0.971 bits per heavy atom. The van der Waals surface area contributed by atoms with E-state index in [0.717, 1.165) is 35.1 Å². The van der Waals surface area contributed by atoms with Crippen LogP contribution in [0.15, 0.2) is 48.5 Å². The maximum atomic E-state index is 13.0. The Hall–Kier alpha value is -3.56. The Morgan fingerprint density at radius 3 is 2.03 bits per heavy atom. The van der Waals surface area contributed by atoms with E-state index >= 15 is 0 Å². The van der Waals surface area contributed by atoms with Crippen molar-refractivity contribution in [2.75, 3.05) is 6.61 Å². The standard InChI is InChI=1S/C24H23F3N2O5/c25-24(26,27)20(22(31)32)29-21(30)19(11-13-9-10-13)28-23(33)34-12-18-16-7-3-1-5-14(16)15-6-2-4-8-17(15)18/h1-8,13,18-20H,9-12H2,(H,28,33)(H,29,30)(H,31,32). The van der Waals surface area contributed by atoms with Crippen LogP contribution in [0.3, 0.4) is 0 Å². The molecule has 0 heterocycles. The molecule has 2 aromatic rings. The third kappa shape index (κ3) is 5.16. The number of alkyl halides is 3. The summed E-state index contributed by atoms with van der Waals surface area (Å²) in [4.78, 5) is 35.9. The zero-order valence-corrected chi connectivity index (χ0v) is 18.0. The van der Waals surface area contributed by atoms with Gasteiger partial charge in [0.25, 0.3) is 0 Å². The van der Waals surface area contributed by atoms with Crippen molar-refractivity contribution in [1.82, 2.24) is 10.6 Å². The number of carboxylic acid groups (broad SMARTS) is 1. The molecule has 1 saturated carbocycles. The fourth-order valence-corrected chi connectivity index (χ4v) is 4.23. The third-order valence-electron chi connectivity index (χ3n) is 6.08. The topological polar surface area (TPSA) is 105 Å². The summed E-state index contributed by atoms with van der Waals surface area (Å²) in [6.45, 7) is -0.0298. The molecule has 2 amide bonds. The van der Waals surface area contributed by atoms with E-state index < -0.39 is 36.2 Å². The van der Waals surface area contributed by atoms with E-state index in [1.54, 1.807) is 0 Å². The predicted octanol–water partition coefficient (Wildman–Crippen LogP) is 3.83. The summed E-state index contributed by atoms with van der Waals surface area (Å²) >= 11 is 0. The number of alkyl carbamates (subject to hydrolysis) is 1. The number of carbonyl (C=O) groups excluding carboxylic acids is 2. The number of aliphatic carboxylic acids is 1. The third-order valence-corrected chi connectivity index (χ3v) is 6.08. The first-order chi connectivity index (χ1) is 16.1. The molecule has 0 radical (unpaired) electrons. The van der Waals surface area contributed by atoms with Gasteiger partial charge < -0.3 is 20.5 Å². The number of hydrogen-bond acceptors (Lipinski definition) is 4. The van der Waals surface area contributed by atoms with Crippen LogP contribution in [0.5, 0.6) is 0 Å². The van der Waals surface area contributed by atoms with Crippen molar-refractivity contribution in [2.24, 2.45) is 5.92 Å². The number of hydrogen-bond donors (Lipinski definition) is 3. The molecule has 3 N–H and O–H groups in total. The molecule has 4 rings (SSSR count). The molecule has 2 aromatic carbocycles. The van der Waals surface area contributed by atoms with E-state index in [-0.39, 0.29) is 24.9 Å². The summed E-state index contributed by atoms with van der Waals surface area (Å²) in [7, 11) is 0. The Bertz CT molecular complexity index is 1050. The number of fused-ring (bicyclic) bond motifs is 3. The molecule has 1 fully saturated rings. The van der Waals surface area contributed by atoms with Gasteiger partial charge in [-0.15, -0.1) is 0 Å². The van der Waals surface area contributed by atoms with E-state index in [4.69, 9.17) is 9.84 Å². The molecule has 2 aliphatic carbocycles. The lowest BCUT2D eigenvalue weighted by Crippen LogP contribution is -2.56. The van der Waals surface area contributed by atoms with Crippen molar-refractivity contribution >= 4 is 18.0 Å². The number of ether oxygens (including phenoxy) is 1. The second-order valence-corrected chi connectivity index (χ2v) is 8.52. The molecule has 34 heavy (non-hydrogen) atoms. The minimum atomic E-state index is -5.17. The molecular formula is C24H23F3N2O5. The lowest BCUT2D eigenvalue weighted by Gasteiger charge is -2.23. The quantitative estimate of drug-likeness (QED) is 0.537. The molecule has 0 bridgehead atoms. The Labute approximate surface area is 193 Å². The second-order valence-electron chi connectivity index (χ2n) is 8.52. The average molecular weight is 476 g/mol. The number of nitrogens with one attached hydrogen (secondary N) is 2. The normalized spacial score (nSPS) is 16.7. The smallest absolute Gasteiger partial charge is 0.419 e. The molecule has 0 aromatic heterocycles. The minimum Gasteiger partial charge on any atom is -0.479 e. The summed E-state index contributed by atoms with van der Waals surface area (Å²) in [5.41, 5.74) is 4.03. The van der Waals surface area contributed by atoms with E-state index in [1.165, 1.54) is 5.32 Å². The van der Waals surface area contributed by atoms with Crippen LogP contribution < -0.4 is 10.6 Å². The molecule has 2 atom stereocenters.